The van der Waals surface area contributed by atoms with E-state index in [1.165, 1.54) is 0 Å². The van der Waals surface area contributed by atoms with Crippen molar-refractivity contribution in [2.75, 3.05) is 13.1 Å². The Morgan fingerprint density at radius 3 is 2.90 bits per heavy atom. The van der Waals surface area contributed by atoms with Crippen LogP contribution >= 0.6 is 11.6 Å². The fraction of sp³-hybridized carbons (Fsp3) is 0.533. The van der Waals surface area contributed by atoms with Crippen molar-refractivity contribution in [1.29, 1.82) is 0 Å². The average molecular weight is 296 g/mol. The molecule has 3 N–H and O–H groups in total. The minimum absolute atomic E-state index is 0.00435. The van der Waals surface area contributed by atoms with Gasteiger partial charge in [0.1, 0.15) is 0 Å². The van der Waals surface area contributed by atoms with Crippen LogP contribution in [0.25, 0.3) is 0 Å². The molecule has 0 saturated carbocycles. The van der Waals surface area contributed by atoms with Crippen LogP contribution in [0.4, 0.5) is 0 Å². The standard InChI is InChI=1S/C15H22ClN3O/c1-3-13-15(20)18-7-8-19(13)14(10(2)17)11-5-4-6-12(16)9-11/h4-6,9-10,13-14H,3,7-8,17H2,1-2H3,(H,18,20). The number of carbonyl (C=O) groups excluding carboxylic acids is 1. The van der Waals surface area contributed by atoms with Gasteiger partial charge in [0.2, 0.25) is 5.91 Å². The van der Waals surface area contributed by atoms with Gasteiger partial charge in [-0.15, -0.1) is 0 Å². The number of rotatable bonds is 4. The molecule has 3 atom stereocenters. The molecule has 1 aromatic rings. The summed E-state index contributed by atoms with van der Waals surface area (Å²) in [5, 5.41) is 3.62. The number of nitrogens with zero attached hydrogens (tertiary/aromatic N) is 1. The fourth-order valence-corrected chi connectivity index (χ4v) is 3.17. The number of amides is 1. The Morgan fingerprint density at radius 2 is 2.30 bits per heavy atom. The molecular formula is C15H22ClN3O. The van der Waals surface area contributed by atoms with Gasteiger partial charge in [-0.2, -0.15) is 0 Å². The van der Waals surface area contributed by atoms with Gasteiger partial charge in [-0.1, -0.05) is 30.7 Å². The van der Waals surface area contributed by atoms with E-state index >= 15 is 0 Å². The minimum atomic E-state index is -0.126. The first-order chi connectivity index (χ1) is 9.54. The summed E-state index contributed by atoms with van der Waals surface area (Å²) in [6, 6.07) is 7.55. The second kappa shape index (κ2) is 6.57. The molecule has 1 fully saturated rings. The number of nitrogens with two attached hydrogens (primary N) is 1. The van der Waals surface area contributed by atoms with Crippen molar-refractivity contribution >= 4 is 17.5 Å². The summed E-state index contributed by atoms with van der Waals surface area (Å²) >= 11 is 6.09. The maximum atomic E-state index is 12.0. The van der Waals surface area contributed by atoms with Gasteiger partial charge in [0.15, 0.2) is 0 Å². The molecule has 0 bridgehead atoms. The number of piperazine rings is 1. The summed E-state index contributed by atoms with van der Waals surface area (Å²) in [6.07, 6.45) is 0.773. The summed E-state index contributed by atoms with van der Waals surface area (Å²) < 4.78 is 0. The molecule has 2 rings (SSSR count). The number of halogens is 1. The van der Waals surface area contributed by atoms with E-state index in [1.807, 2.05) is 38.1 Å². The van der Waals surface area contributed by atoms with Crippen LogP contribution in [0, 0.1) is 0 Å². The Morgan fingerprint density at radius 1 is 1.55 bits per heavy atom. The smallest absolute Gasteiger partial charge is 0.237 e. The molecule has 110 valence electrons. The Balaban J connectivity index is 2.34. The molecule has 1 saturated heterocycles. The highest BCUT2D eigenvalue weighted by atomic mass is 35.5. The highest BCUT2D eigenvalue weighted by Gasteiger charge is 2.35. The van der Waals surface area contributed by atoms with Gasteiger partial charge in [-0.3, -0.25) is 9.69 Å². The Labute approximate surface area is 125 Å². The molecule has 1 aromatic carbocycles. The minimum Gasteiger partial charge on any atom is -0.353 e. The summed E-state index contributed by atoms with van der Waals surface area (Å²) in [5.74, 6) is 0.0893. The van der Waals surface area contributed by atoms with Crippen molar-refractivity contribution in [3.63, 3.8) is 0 Å². The Kier molecular flexibility index (Phi) is 5.02. The molecular weight excluding hydrogens is 274 g/mol. The van der Waals surface area contributed by atoms with Crippen LogP contribution in [0.5, 0.6) is 0 Å². The predicted molar refractivity (Wildman–Crippen MR) is 81.6 cm³/mol. The van der Waals surface area contributed by atoms with Gasteiger partial charge in [-0.05, 0) is 31.0 Å². The number of carbonyl (C=O) groups is 1. The maximum absolute atomic E-state index is 12.0. The zero-order valence-electron chi connectivity index (χ0n) is 12.0. The van der Waals surface area contributed by atoms with Crippen molar-refractivity contribution in [2.45, 2.75) is 38.4 Å². The highest BCUT2D eigenvalue weighted by Crippen LogP contribution is 2.29. The maximum Gasteiger partial charge on any atom is 0.237 e. The van der Waals surface area contributed by atoms with Crippen molar-refractivity contribution < 1.29 is 4.79 Å². The number of hydrogen-bond acceptors (Lipinski definition) is 3. The second-order valence-electron chi connectivity index (χ2n) is 5.31. The van der Waals surface area contributed by atoms with Crippen molar-refractivity contribution in [3.05, 3.63) is 34.9 Å². The van der Waals surface area contributed by atoms with E-state index in [2.05, 4.69) is 10.2 Å². The van der Waals surface area contributed by atoms with Gasteiger partial charge in [0.25, 0.3) is 0 Å². The molecule has 1 heterocycles. The van der Waals surface area contributed by atoms with Crippen LogP contribution < -0.4 is 11.1 Å². The van der Waals surface area contributed by atoms with E-state index in [0.717, 1.165) is 18.5 Å². The van der Waals surface area contributed by atoms with Crippen LogP contribution in [0.2, 0.25) is 5.02 Å². The third kappa shape index (κ3) is 3.14. The molecule has 0 spiro atoms. The first-order valence-electron chi connectivity index (χ1n) is 7.09. The first kappa shape index (κ1) is 15.3. The summed E-state index contributed by atoms with van der Waals surface area (Å²) in [5.41, 5.74) is 7.27. The van der Waals surface area contributed by atoms with Crippen LogP contribution in [0.15, 0.2) is 24.3 Å². The zero-order chi connectivity index (χ0) is 14.7. The summed E-state index contributed by atoms with van der Waals surface area (Å²) in [7, 11) is 0. The van der Waals surface area contributed by atoms with Crippen LogP contribution in [0.1, 0.15) is 31.9 Å². The van der Waals surface area contributed by atoms with Gasteiger partial charge in [0, 0.05) is 24.2 Å². The van der Waals surface area contributed by atoms with E-state index in [-0.39, 0.29) is 24.0 Å². The van der Waals surface area contributed by atoms with E-state index in [9.17, 15) is 4.79 Å². The molecule has 20 heavy (non-hydrogen) atoms. The number of benzene rings is 1. The molecule has 1 aliphatic rings. The molecule has 3 unspecified atom stereocenters. The van der Waals surface area contributed by atoms with Crippen LogP contribution in [0.3, 0.4) is 0 Å². The lowest BCUT2D eigenvalue weighted by Gasteiger charge is -2.42. The number of nitrogens with one attached hydrogen (secondary N) is 1. The summed E-state index contributed by atoms with van der Waals surface area (Å²) in [4.78, 5) is 14.2. The SMILES string of the molecule is CCC1C(=O)NCCN1C(c1cccc(Cl)c1)C(C)N. The van der Waals surface area contributed by atoms with E-state index < -0.39 is 0 Å². The van der Waals surface area contributed by atoms with Crippen LogP contribution in [-0.4, -0.2) is 36.0 Å². The third-order valence-electron chi connectivity index (χ3n) is 3.80. The molecule has 1 amide bonds. The lowest BCUT2D eigenvalue weighted by molar-refractivity contribution is -0.130. The normalized spacial score (nSPS) is 23.2. The van der Waals surface area contributed by atoms with Crippen LogP contribution in [-0.2, 0) is 4.79 Å². The quantitative estimate of drug-likeness (QED) is 0.892. The molecule has 1 aliphatic heterocycles. The second-order valence-corrected chi connectivity index (χ2v) is 5.75. The molecule has 5 heteroatoms. The molecule has 0 aliphatic carbocycles. The molecule has 0 aromatic heterocycles. The average Bonchev–Trinajstić information content (AvgIpc) is 2.39. The van der Waals surface area contributed by atoms with Crippen molar-refractivity contribution in [3.8, 4) is 0 Å². The third-order valence-corrected chi connectivity index (χ3v) is 4.04. The monoisotopic (exact) mass is 295 g/mol. The first-order valence-corrected chi connectivity index (χ1v) is 7.47. The highest BCUT2D eigenvalue weighted by molar-refractivity contribution is 6.30. The Hall–Kier alpha value is -1.10. The van der Waals surface area contributed by atoms with Gasteiger partial charge in [0.05, 0.1) is 12.1 Å². The van der Waals surface area contributed by atoms with Gasteiger partial charge in [-0.25, -0.2) is 0 Å². The van der Waals surface area contributed by atoms with Gasteiger partial charge < -0.3 is 11.1 Å². The fourth-order valence-electron chi connectivity index (χ4n) is 2.97. The topological polar surface area (TPSA) is 58.4 Å². The largest absolute Gasteiger partial charge is 0.353 e. The molecule has 0 radical (unpaired) electrons. The lowest BCUT2D eigenvalue weighted by Crippen LogP contribution is -2.58. The zero-order valence-corrected chi connectivity index (χ0v) is 12.7. The van der Waals surface area contributed by atoms with Crippen molar-refractivity contribution in [1.82, 2.24) is 10.2 Å². The lowest BCUT2D eigenvalue weighted by atomic mass is 9.95. The van der Waals surface area contributed by atoms with E-state index in [1.54, 1.807) is 0 Å². The van der Waals surface area contributed by atoms with Gasteiger partial charge >= 0.3 is 0 Å². The van der Waals surface area contributed by atoms with E-state index in [4.69, 9.17) is 17.3 Å². The van der Waals surface area contributed by atoms with E-state index in [0.29, 0.717) is 11.6 Å². The van der Waals surface area contributed by atoms with Crippen molar-refractivity contribution in [2.24, 2.45) is 5.73 Å². The number of hydrogen-bond donors (Lipinski definition) is 2. The predicted octanol–water partition coefficient (Wildman–Crippen LogP) is 1.94. The Bertz CT molecular complexity index is 478. The summed E-state index contributed by atoms with van der Waals surface area (Å²) in [6.45, 7) is 5.48. The molecule has 4 nitrogen and oxygen atoms in total.